The number of benzene rings is 5. The van der Waals surface area contributed by atoms with E-state index >= 15 is 0 Å². The largest absolute Gasteiger partial charge is 0.437 e. The topological polar surface area (TPSA) is 150 Å². The third-order valence-corrected chi connectivity index (χ3v) is 27.3. The van der Waals surface area contributed by atoms with E-state index in [-0.39, 0.29) is 36.8 Å². The molecule has 15 heteroatoms. The van der Waals surface area contributed by atoms with Crippen LogP contribution in [0, 0.1) is 45.9 Å². The van der Waals surface area contributed by atoms with E-state index in [0.29, 0.717) is 76.8 Å². The van der Waals surface area contributed by atoms with Gasteiger partial charge in [-0.3, -0.25) is 0 Å². The fourth-order valence-electron chi connectivity index (χ4n) is 19.3. The minimum Gasteiger partial charge on any atom is -0.437 e. The number of aryl methyl sites for hydroxylation is 15. The van der Waals surface area contributed by atoms with Gasteiger partial charge < -0.3 is 22.1 Å². The van der Waals surface area contributed by atoms with Gasteiger partial charge in [-0.2, -0.15) is 0 Å². The summed E-state index contributed by atoms with van der Waals surface area (Å²) in [5, 5.41) is 9.33. The average molecular weight is 1870 g/mol. The van der Waals surface area contributed by atoms with Crippen LogP contribution in [0.2, 0.25) is 0 Å². The summed E-state index contributed by atoms with van der Waals surface area (Å²) >= 11 is 0. The lowest BCUT2D eigenvalue weighted by atomic mass is 9.86. The van der Waals surface area contributed by atoms with Gasteiger partial charge in [-0.25, -0.2) is 47.8 Å². The third-order valence-electron chi connectivity index (χ3n) is 27.3. The second-order valence-corrected chi connectivity index (χ2v) is 38.9. The standard InChI is InChI=1S/C26H29N2O.C25H27N2O.C25H29N2O.2C24H27N2O/c1-4-18-14-15-28(3)23(16-18)24-17(2)10-11-20-21-12-13-22(19-8-6-5-7-9-19)27-26(21)29-25(20)24;1-4-17-13-14-27(3)22(15-17)23-16(2)9-10-19-20-11-12-21(18-7-5-6-8-18)26-25(20)28-24(19)23;1-7-17-12-13-27(6)21(14-17)22-16(2)8-10-19-20-11-9-18(15-25(3,4)5)26-24(20)28-23(19)22;1-7-16-12-13-26(6)19(14-16)21-15(2)8-9-17-18-10-11-20(24(3,4)5)25-23(18)27-22(17)21;1-6-17-11-12-26(5)21(14-17)22-16(4)7-9-19-20-10-8-18(13-15(2)3)25-24(20)27-23(19)22/h10-16,19H,4-9H2,1-3H3;9-15,18H,4-8H2,1-3H3;8-14H,7,15H2,1-6H3;8-14H,7H2,1-6H3;7-12,14-15H,6,13H2,1-5H3/q5*+1/i8D2,9D2,19D;7D2,18D;3D3,4D3;;2D3,15D. The summed E-state index contributed by atoms with van der Waals surface area (Å²) in [6.07, 6.45) is 11.5. The van der Waals surface area contributed by atoms with Crippen molar-refractivity contribution in [2.45, 2.75) is 244 Å². The van der Waals surface area contributed by atoms with E-state index in [1.807, 2.05) is 96.9 Å². The van der Waals surface area contributed by atoms with Crippen molar-refractivity contribution in [2.75, 3.05) is 0 Å². The van der Waals surface area contributed by atoms with Crippen molar-refractivity contribution >= 4 is 110 Å². The Kier molecular flexibility index (Phi) is 21.7. The Morgan fingerprint density at radius 2 is 0.640 bits per heavy atom. The molecule has 0 saturated heterocycles. The normalized spacial score (nSPS) is 18.2. The van der Waals surface area contributed by atoms with E-state index in [1.165, 1.54) is 52.9 Å². The monoisotopic (exact) mass is 1870 g/mol. The first-order chi connectivity index (χ1) is 73.8. The Hall–Kier alpha value is -13.4. The molecule has 2 saturated carbocycles. The number of aromatic nitrogens is 10. The van der Waals surface area contributed by atoms with Crippen molar-refractivity contribution in [2.24, 2.45) is 46.5 Å². The predicted molar refractivity (Wildman–Crippen MR) is 569 cm³/mol. The van der Waals surface area contributed by atoms with E-state index in [0.717, 1.165) is 187 Å². The summed E-state index contributed by atoms with van der Waals surface area (Å²) < 4.78 is 189. The molecule has 2 unspecified atom stereocenters. The fourth-order valence-corrected chi connectivity index (χ4v) is 19.3. The molecule has 0 spiro atoms. The lowest BCUT2D eigenvalue weighted by molar-refractivity contribution is -0.660. The van der Waals surface area contributed by atoms with Gasteiger partial charge >= 0.3 is 0 Å². The van der Waals surface area contributed by atoms with Gasteiger partial charge in [0.15, 0.2) is 58.9 Å². The number of hydrogen-bond acceptors (Lipinski definition) is 10. The molecule has 0 radical (unpaired) electrons. The van der Waals surface area contributed by atoms with Gasteiger partial charge in [0.2, 0.25) is 57.0 Å². The molecule has 0 aliphatic heterocycles. The highest BCUT2D eigenvalue weighted by atomic mass is 16.4. The highest BCUT2D eigenvalue weighted by molar-refractivity contribution is 6.13. The highest BCUT2D eigenvalue weighted by Gasteiger charge is 2.31. The Bertz CT molecular complexity index is 8940. The van der Waals surface area contributed by atoms with Crippen molar-refractivity contribution in [1.29, 1.82) is 0 Å². The Labute approximate surface area is 844 Å². The summed E-state index contributed by atoms with van der Waals surface area (Å²) in [4.78, 5) is 23.3. The van der Waals surface area contributed by atoms with E-state index in [2.05, 4.69) is 260 Å². The summed E-state index contributed by atoms with van der Waals surface area (Å²) in [5.41, 5.74) is 29.2. The van der Waals surface area contributed by atoms with Crippen LogP contribution in [0.25, 0.3) is 167 Å². The highest BCUT2D eigenvalue weighted by Crippen LogP contribution is 2.46. The Morgan fingerprint density at radius 3 is 0.957 bits per heavy atom. The summed E-state index contributed by atoms with van der Waals surface area (Å²) in [7, 11) is 10.2. The SMILES string of the molecule is CCc1cc[n+](C)c(-c2c(C)ccc3c2oc2nc(C(C)(C)C)ccc23)c1.[2H]C([2H])([2H])C(C)(Cc1ccc2c(n1)oc1c(-c3cc(CC)cc[n+]3C)c(C)ccc12)C([2H])([2H])[2H].[2H]C([2H])([2H])C([2H])(C)Cc1ccc2c(n1)oc1c(-c3cc(CC)cc[n+]3C)c(C)ccc12.[2H]C1([2H])CCCC([2H])([2H])C1([2H])c1ccc2c(n1)oc1c(-c3cc(CC)cc[n+]3C)c(C)ccc12.[2H]C1([2H])CCCC1([2H])c1ccc2c(n1)oc1c(-c3cc(CC)cc[n+]3C)c(C)ccc12. The first kappa shape index (κ1) is 75.6. The summed E-state index contributed by atoms with van der Waals surface area (Å²) in [6, 6.07) is 61.0. The van der Waals surface area contributed by atoms with Gasteiger partial charge in [-0.15, -0.1) is 0 Å². The first-order valence-corrected chi connectivity index (χ1v) is 48.9. The van der Waals surface area contributed by atoms with Gasteiger partial charge in [-0.1, -0.05) is 183 Å². The molecule has 15 nitrogen and oxygen atoms in total. The molecule has 2 fully saturated rings. The first-order valence-electron chi connectivity index (χ1n) is 57.9. The van der Waals surface area contributed by atoms with Crippen molar-refractivity contribution in [3.05, 3.63) is 297 Å². The van der Waals surface area contributed by atoms with Gasteiger partial charge in [0.25, 0.3) is 0 Å². The maximum absolute atomic E-state index is 9.00. The molecule has 22 rings (SSSR count). The molecule has 0 amide bonds. The maximum atomic E-state index is 9.00. The van der Waals surface area contributed by atoms with Crippen LogP contribution in [0.1, 0.15) is 268 Å². The molecule has 139 heavy (non-hydrogen) atoms. The zero-order chi connectivity index (χ0) is 113. The zero-order valence-electron chi connectivity index (χ0n) is 102. The number of furan rings is 5. The van der Waals surface area contributed by atoms with Crippen LogP contribution in [0.15, 0.2) is 235 Å². The van der Waals surface area contributed by atoms with E-state index in [4.69, 9.17) is 51.7 Å². The van der Waals surface area contributed by atoms with Crippen LogP contribution in [0.4, 0.5) is 0 Å². The summed E-state index contributed by atoms with van der Waals surface area (Å²) in [6.45, 7) is 22.6. The lowest BCUT2D eigenvalue weighted by Crippen LogP contribution is -2.30. The van der Waals surface area contributed by atoms with Crippen molar-refractivity contribution in [3.8, 4) is 56.3 Å². The van der Waals surface area contributed by atoms with Gasteiger partial charge in [0.1, 0.15) is 35.2 Å². The molecule has 710 valence electrons. The van der Waals surface area contributed by atoms with Gasteiger partial charge in [0, 0.05) is 185 Å². The number of fused-ring (bicyclic) bond motifs is 15. The molecule has 0 N–H and O–H groups in total. The third kappa shape index (κ3) is 19.5. The molecule has 2 aliphatic carbocycles. The molecule has 0 bridgehead atoms. The molecule has 20 aromatic rings. The fraction of sp³-hybridized carbons (Fsp3) is 0.355. The lowest BCUT2D eigenvalue weighted by Gasteiger charge is -2.20. The predicted octanol–water partition coefficient (Wildman–Crippen LogP) is 29.5. The van der Waals surface area contributed by atoms with Gasteiger partial charge in [-0.05, 0) is 233 Å². The minimum atomic E-state index is -2.67. The molecule has 5 aromatic carbocycles. The van der Waals surface area contributed by atoms with Crippen LogP contribution in [-0.2, 0) is 85.6 Å². The van der Waals surface area contributed by atoms with Crippen molar-refractivity contribution in [1.82, 2.24) is 24.9 Å². The maximum Gasteiger partial charge on any atom is 0.227 e. The molecule has 15 heterocycles. The van der Waals surface area contributed by atoms with Crippen LogP contribution >= 0.6 is 0 Å². The van der Waals surface area contributed by atoms with Crippen LogP contribution in [0.3, 0.4) is 0 Å². The zero-order valence-corrected chi connectivity index (χ0v) is 83.9. The molecular weight excluding hydrogens is 1710 g/mol. The quantitative estimate of drug-likeness (QED) is 0.0908. The van der Waals surface area contributed by atoms with E-state index < -0.39 is 62.8 Å². The Balaban J connectivity index is 0.000000127. The molecule has 2 atom stereocenters. The van der Waals surface area contributed by atoms with Crippen LogP contribution in [-0.4, -0.2) is 24.9 Å². The second kappa shape index (κ2) is 39.8. The number of rotatable bonds is 15. The number of nitrogens with zero attached hydrogens (tertiary/aromatic N) is 10. The van der Waals surface area contributed by atoms with Crippen LogP contribution in [0.5, 0.6) is 0 Å². The minimum absolute atomic E-state index is 0.00614. The molecule has 2 aliphatic rings. The smallest absolute Gasteiger partial charge is 0.227 e. The number of pyridine rings is 10. The summed E-state index contributed by atoms with van der Waals surface area (Å²) in [5.74, 6) is -5.07. The average Bonchev–Trinajstić information content (AvgIpc) is 1.71. The van der Waals surface area contributed by atoms with E-state index in [9.17, 15) is 0 Å². The van der Waals surface area contributed by atoms with Crippen molar-refractivity contribution in [3.63, 3.8) is 0 Å². The second-order valence-electron chi connectivity index (χ2n) is 38.9. The van der Waals surface area contributed by atoms with Gasteiger partial charge in [0.05, 0.1) is 27.8 Å². The van der Waals surface area contributed by atoms with E-state index in [1.54, 1.807) is 24.3 Å². The van der Waals surface area contributed by atoms with Crippen LogP contribution < -0.4 is 22.8 Å². The molecule has 15 aromatic heterocycles. The Morgan fingerprint density at radius 1 is 0.353 bits per heavy atom. The van der Waals surface area contributed by atoms with Crippen molar-refractivity contribution < 1.29 is 69.6 Å². The molecular formula is C124H139N10O5+5. The number of hydrogen-bond donors (Lipinski definition) is 0.